The van der Waals surface area contributed by atoms with Gasteiger partial charge in [-0.1, -0.05) is 0 Å². The second kappa shape index (κ2) is 7.17. The molecule has 0 spiro atoms. The monoisotopic (exact) mass is 297 g/mol. The highest BCUT2D eigenvalue weighted by molar-refractivity contribution is 7.12. The van der Waals surface area contributed by atoms with Crippen LogP contribution in [0.15, 0.2) is 12.1 Å². The summed E-state index contributed by atoms with van der Waals surface area (Å²) in [5, 5.41) is 2.88. The summed E-state index contributed by atoms with van der Waals surface area (Å²) in [6.45, 7) is 6.98. The van der Waals surface area contributed by atoms with E-state index in [0.29, 0.717) is 26.3 Å². The first-order valence-electron chi connectivity index (χ1n) is 7.05. The molecule has 3 N–H and O–H groups in total. The predicted molar refractivity (Wildman–Crippen MR) is 80.8 cm³/mol. The molecule has 1 aliphatic heterocycles. The fourth-order valence-corrected chi connectivity index (χ4v) is 3.57. The molecule has 1 fully saturated rings. The lowest BCUT2D eigenvalue weighted by Crippen LogP contribution is -2.55. The van der Waals surface area contributed by atoms with Crippen molar-refractivity contribution in [2.45, 2.75) is 25.9 Å². The van der Waals surface area contributed by atoms with Gasteiger partial charge in [0.2, 0.25) is 5.91 Å². The van der Waals surface area contributed by atoms with Crippen LogP contribution >= 0.6 is 11.3 Å². The van der Waals surface area contributed by atoms with Crippen LogP contribution in [-0.4, -0.2) is 49.7 Å². The lowest BCUT2D eigenvalue weighted by Gasteiger charge is -2.39. The van der Waals surface area contributed by atoms with E-state index >= 15 is 0 Å². The Bertz CT molecular complexity index is 449. The average Bonchev–Trinajstić information content (AvgIpc) is 2.87. The molecule has 112 valence electrons. The first kappa shape index (κ1) is 15.4. The largest absolute Gasteiger partial charge is 0.378 e. The zero-order valence-corrected chi connectivity index (χ0v) is 12.9. The van der Waals surface area contributed by atoms with E-state index in [0.717, 1.165) is 6.54 Å². The average molecular weight is 297 g/mol. The summed E-state index contributed by atoms with van der Waals surface area (Å²) in [6, 6.07) is 4.05. The standard InChI is InChI=1S/C14H23N3O2S/c1-3-16-14(18)12-9-19-7-6-17(12)11(8-15)13-5-4-10(2)20-13/h4-5,11-12H,3,6-9,15H2,1-2H3,(H,16,18). The molecule has 6 heteroatoms. The van der Waals surface area contributed by atoms with E-state index in [4.69, 9.17) is 10.5 Å². The zero-order valence-electron chi connectivity index (χ0n) is 12.1. The molecule has 5 nitrogen and oxygen atoms in total. The number of hydrogen-bond donors (Lipinski definition) is 2. The van der Waals surface area contributed by atoms with Crippen LogP contribution < -0.4 is 11.1 Å². The van der Waals surface area contributed by atoms with Crippen molar-refractivity contribution in [3.8, 4) is 0 Å². The van der Waals surface area contributed by atoms with Crippen LogP contribution in [0.1, 0.15) is 22.7 Å². The lowest BCUT2D eigenvalue weighted by atomic mass is 10.1. The van der Waals surface area contributed by atoms with Crippen LogP contribution in [-0.2, 0) is 9.53 Å². The molecule has 0 saturated carbocycles. The number of nitrogens with one attached hydrogen (secondary N) is 1. The Hall–Kier alpha value is -0.950. The number of hydrogen-bond acceptors (Lipinski definition) is 5. The van der Waals surface area contributed by atoms with E-state index in [1.807, 2.05) is 6.92 Å². The maximum atomic E-state index is 12.2. The quantitative estimate of drug-likeness (QED) is 0.847. The molecule has 0 radical (unpaired) electrons. The summed E-state index contributed by atoms with van der Waals surface area (Å²) in [4.78, 5) is 16.9. The molecule has 1 aromatic heterocycles. The first-order chi connectivity index (χ1) is 9.67. The van der Waals surface area contributed by atoms with E-state index in [1.54, 1.807) is 11.3 Å². The second-order valence-corrected chi connectivity index (χ2v) is 6.24. The maximum Gasteiger partial charge on any atom is 0.239 e. The topological polar surface area (TPSA) is 67.6 Å². The summed E-state index contributed by atoms with van der Waals surface area (Å²) in [5.41, 5.74) is 5.97. The predicted octanol–water partition coefficient (Wildman–Crippen LogP) is 0.893. The van der Waals surface area contributed by atoms with E-state index in [1.165, 1.54) is 9.75 Å². The number of likely N-dealkylation sites (N-methyl/N-ethyl adjacent to an activating group) is 1. The van der Waals surface area contributed by atoms with Gasteiger partial charge in [0.15, 0.2) is 0 Å². The second-order valence-electron chi connectivity index (χ2n) is 4.92. The number of amides is 1. The Morgan fingerprint density at radius 3 is 3.05 bits per heavy atom. The lowest BCUT2D eigenvalue weighted by molar-refractivity contribution is -0.134. The van der Waals surface area contributed by atoms with Crippen LogP contribution in [0.5, 0.6) is 0 Å². The Kier molecular flexibility index (Phi) is 5.54. The van der Waals surface area contributed by atoms with Gasteiger partial charge in [0.05, 0.1) is 19.3 Å². The third-order valence-electron chi connectivity index (χ3n) is 3.54. The molecule has 2 unspecified atom stereocenters. The van der Waals surface area contributed by atoms with Gasteiger partial charge in [-0.05, 0) is 26.0 Å². The molecule has 0 bridgehead atoms. The summed E-state index contributed by atoms with van der Waals surface area (Å²) in [6.07, 6.45) is 0. The molecule has 0 aromatic carbocycles. The number of ether oxygens (including phenoxy) is 1. The summed E-state index contributed by atoms with van der Waals surface area (Å²) < 4.78 is 5.48. The summed E-state index contributed by atoms with van der Waals surface area (Å²) in [7, 11) is 0. The fourth-order valence-electron chi connectivity index (χ4n) is 2.56. The van der Waals surface area contributed by atoms with E-state index in [9.17, 15) is 4.79 Å². The molecule has 2 atom stereocenters. The molecule has 1 aromatic rings. The number of nitrogens with zero attached hydrogens (tertiary/aromatic N) is 1. The Balaban J connectivity index is 2.18. The molecule has 20 heavy (non-hydrogen) atoms. The Morgan fingerprint density at radius 2 is 2.45 bits per heavy atom. The van der Waals surface area contributed by atoms with Crippen LogP contribution in [0.4, 0.5) is 0 Å². The van der Waals surface area contributed by atoms with Crippen LogP contribution in [0.25, 0.3) is 0 Å². The number of aryl methyl sites for hydroxylation is 1. The minimum absolute atomic E-state index is 0.0268. The van der Waals surface area contributed by atoms with E-state index < -0.39 is 0 Å². The third kappa shape index (κ3) is 3.38. The number of nitrogens with two attached hydrogens (primary N) is 1. The van der Waals surface area contributed by atoms with Gasteiger partial charge >= 0.3 is 0 Å². The van der Waals surface area contributed by atoms with E-state index in [2.05, 4.69) is 29.3 Å². The van der Waals surface area contributed by atoms with Gasteiger partial charge < -0.3 is 15.8 Å². The van der Waals surface area contributed by atoms with Crippen molar-refractivity contribution >= 4 is 17.2 Å². The molecule has 2 heterocycles. The van der Waals surface area contributed by atoms with Gasteiger partial charge in [-0.25, -0.2) is 0 Å². The molecule has 1 saturated heterocycles. The van der Waals surface area contributed by atoms with Gasteiger partial charge in [0, 0.05) is 29.4 Å². The minimum Gasteiger partial charge on any atom is -0.378 e. The smallest absolute Gasteiger partial charge is 0.239 e. The van der Waals surface area contributed by atoms with Crippen molar-refractivity contribution in [2.24, 2.45) is 5.73 Å². The van der Waals surface area contributed by atoms with Crippen LogP contribution in [0.2, 0.25) is 0 Å². The number of carbonyl (C=O) groups is 1. The van der Waals surface area contributed by atoms with Gasteiger partial charge in [-0.2, -0.15) is 0 Å². The van der Waals surface area contributed by atoms with Crippen LogP contribution in [0, 0.1) is 6.92 Å². The van der Waals surface area contributed by atoms with Gasteiger partial charge in [-0.15, -0.1) is 11.3 Å². The Morgan fingerprint density at radius 1 is 1.65 bits per heavy atom. The highest BCUT2D eigenvalue weighted by atomic mass is 32.1. The molecule has 1 aliphatic rings. The number of rotatable bonds is 5. The van der Waals surface area contributed by atoms with Crippen molar-refractivity contribution in [3.05, 3.63) is 21.9 Å². The van der Waals surface area contributed by atoms with Crippen molar-refractivity contribution in [1.82, 2.24) is 10.2 Å². The fraction of sp³-hybridized carbons (Fsp3) is 0.643. The molecule has 0 aliphatic carbocycles. The van der Waals surface area contributed by atoms with Crippen molar-refractivity contribution in [2.75, 3.05) is 32.8 Å². The summed E-state index contributed by atoms with van der Waals surface area (Å²) >= 11 is 1.75. The van der Waals surface area contributed by atoms with Crippen molar-refractivity contribution < 1.29 is 9.53 Å². The van der Waals surface area contributed by atoms with Gasteiger partial charge in [0.1, 0.15) is 6.04 Å². The van der Waals surface area contributed by atoms with Crippen molar-refractivity contribution in [1.29, 1.82) is 0 Å². The molecule has 1 amide bonds. The zero-order chi connectivity index (χ0) is 14.5. The number of thiophene rings is 1. The first-order valence-corrected chi connectivity index (χ1v) is 7.86. The number of carbonyl (C=O) groups excluding carboxylic acids is 1. The normalized spacial score (nSPS) is 21.6. The van der Waals surface area contributed by atoms with Crippen LogP contribution in [0.3, 0.4) is 0 Å². The van der Waals surface area contributed by atoms with E-state index in [-0.39, 0.29) is 18.0 Å². The Labute approximate surface area is 124 Å². The SMILES string of the molecule is CCNC(=O)C1COCCN1C(CN)c1ccc(C)s1. The van der Waals surface area contributed by atoms with Crippen molar-refractivity contribution in [3.63, 3.8) is 0 Å². The molecule has 2 rings (SSSR count). The minimum atomic E-state index is -0.250. The summed E-state index contributed by atoms with van der Waals surface area (Å²) in [5.74, 6) is 0.0268. The van der Waals surface area contributed by atoms with Gasteiger partial charge in [-0.3, -0.25) is 9.69 Å². The van der Waals surface area contributed by atoms with Gasteiger partial charge in [0.25, 0.3) is 0 Å². The third-order valence-corrected chi connectivity index (χ3v) is 4.64. The maximum absolute atomic E-state index is 12.2. The highest BCUT2D eigenvalue weighted by Gasteiger charge is 2.34. The highest BCUT2D eigenvalue weighted by Crippen LogP contribution is 2.29. The molecular formula is C14H23N3O2S. The molecular weight excluding hydrogens is 274 g/mol. The number of morpholine rings is 1.